The van der Waals surface area contributed by atoms with Gasteiger partial charge in [-0.1, -0.05) is 18.5 Å². The summed E-state index contributed by atoms with van der Waals surface area (Å²) in [6.07, 6.45) is 3.26. The van der Waals surface area contributed by atoms with E-state index in [9.17, 15) is 18.5 Å². The molecular weight excluding hydrogens is 304 g/mol. The van der Waals surface area contributed by atoms with Crippen molar-refractivity contribution in [2.75, 3.05) is 0 Å². The normalized spacial score (nSPS) is 17.5. The Kier molecular flexibility index (Phi) is 4.04. The molecule has 6 nitrogen and oxygen atoms in total. The molecule has 0 spiro atoms. The Morgan fingerprint density at radius 2 is 2.10 bits per heavy atom. The van der Waals surface area contributed by atoms with Gasteiger partial charge in [-0.3, -0.25) is 10.1 Å². The molecule has 0 unspecified atom stereocenters. The largest absolute Gasteiger partial charge is 0.289 e. The molecule has 1 N–H and O–H groups in total. The molecule has 1 saturated carbocycles. The van der Waals surface area contributed by atoms with E-state index in [-0.39, 0.29) is 9.92 Å². The number of sulfonamides is 1. The Hall–Kier alpha value is -1.18. The molecule has 110 valence electrons. The fraction of sp³-hybridized carbons (Fsp3) is 0.500. The Bertz CT molecular complexity index is 635. The highest BCUT2D eigenvalue weighted by Gasteiger charge is 2.39. The number of rotatable bonds is 5. The van der Waals surface area contributed by atoms with Crippen LogP contribution < -0.4 is 4.72 Å². The summed E-state index contributed by atoms with van der Waals surface area (Å²) in [5.41, 5.74) is -0.818. The number of nitro groups is 1. The van der Waals surface area contributed by atoms with E-state index in [1.807, 2.05) is 6.92 Å². The van der Waals surface area contributed by atoms with Crippen LogP contribution in [-0.4, -0.2) is 18.9 Å². The van der Waals surface area contributed by atoms with Crippen molar-refractivity contribution in [3.8, 4) is 0 Å². The molecule has 1 fully saturated rings. The lowest BCUT2D eigenvalue weighted by molar-refractivity contribution is -0.384. The predicted molar refractivity (Wildman–Crippen MR) is 75.3 cm³/mol. The lowest BCUT2D eigenvalue weighted by Gasteiger charge is -2.41. The van der Waals surface area contributed by atoms with Crippen LogP contribution in [0.3, 0.4) is 0 Å². The second-order valence-electron chi connectivity index (χ2n) is 4.96. The van der Waals surface area contributed by atoms with E-state index in [2.05, 4.69) is 4.72 Å². The number of nitrogens with one attached hydrogen (secondary N) is 1. The van der Waals surface area contributed by atoms with Gasteiger partial charge in [0.15, 0.2) is 0 Å². The summed E-state index contributed by atoms with van der Waals surface area (Å²) in [7, 11) is -3.78. The number of halogens is 1. The first-order valence-corrected chi connectivity index (χ1v) is 8.14. The maximum atomic E-state index is 12.3. The summed E-state index contributed by atoms with van der Waals surface area (Å²) in [4.78, 5) is 9.99. The Morgan fingerprint density at radius 3 is 2.55 bits per heavy atom. The smallest absolute Gasteiger partial charge is 0.258 e. The van der Waals surface area contributed by atoms with E-state index in [1.165, 1.54) is 12.1 Å². The van der Waals surface area contributed by atoms with Gasteiger partial charge in [0.1, 0.15) is 5.02 Å². The van der Waals surface area contributed by atoms with Crippen LogP contribution in [0.4, 0.5) is 5.69 Å². The highest BCUT2D eigenvalue weighted by atomic mass is 35.5. The van der Waals surface area contributed by atoms with Gasteiger partial charge in [-0.05, 0) is 37.8 Å². The van der Waals surface area contributed by atoms with E-state index in [0.717, 1.165) is 25.3 Å². The van der Waals surface area contributed by atoms with E-state index < -0.39 is 26.2 Å². The van der Waals surface area contributed by atoms with Gasteiger partial charge in [-0.25, -0.2) is 13.1 Å². The lowest BCUT2D eigenvalue weighted by Crippen LogP contribution is -2.52. The molecule has 0 heterocycles. The lowest BCUT2D eigenvalue weighted by atomic mass is 9.76. The van der Waals surface area contributed by atoms with E-state index in [1.54, 1.807) is 0 Å². The summed E-state index contributed by atoms with van der Waals surface area (Å²) < 4.78 is 27.3. The van der Waals surface area contributed by atoms with Crippen molar-refractivity contribution in [1.29, 1.82) is 0 Å². The molecule has 0 amide bonds. The van der Waals surface area contributed by atoms with Crippen LogP contribution in [-0.2, 0) is 10.0 Å². The van der Waals surface area contributed by atoms with Gasteiger partial charge >= 0.3 is 0 Å². The third kappa shape index (κ3) is 2.79. The molecule has 0 atom stereocenters. The highest BCUT2D eigenvalue weighted by Crippen LogP contribution is 2.36. The molecule has 1 aromatic carbocycles. The third-order valence-corrected chi connectivity index (χ3v) is 5.66. The molecule has 0 aromatic heterocycles. The van der Waals surface area contributed by atoms with Crippen molar-refractivity contribution in [2.45, 2.75) is 43.0 Å². The summed E-state index contributed by atoms with van der Waals surface area (Å²) in [5, 5.41) is 10.7. The maximum Gasteiger partial charge on any atom is 0.289 e. The fourth-order valence-electron chi connectivity index (χ4n) is 2.27. The van der Waals surface area contributed by atoms with Crippen molar-refractivity contribution in [3.05, 3.63) is 33.3 Å². The van der Waals surface area contributed by atoms with Crippen LogP contribution in [0.25, 0.3) is 0 Å². The van der Waals surface area contributed by atoms with E-state index in [0.29, 0.717) is 6.42 Å². The van der Waals surface area contributed by atoms with Gasteiger partial charge in [-0.2, -0.15) is 0 Å². The van der Waals surface area contributed by atoms with Gasteiger partial charge in [0, 0.05) is 11.6 Å². The quantitative estimate of drug-likeness (QED) is 0.667. The minimum Gasteiger partial charge on any atom is -0.258 e. The van der Waals surface area contributed by atoms with Crippen LogP contribution in [0.1, 0.15) is 32.6 Å². The maximum absolute atomic E-state index is 12.3. The summed E-state index contributed by atoms with van der Waals surface area (Å²) in [6.45, 7) is 1.92. The number of nitro benzene ring substituents is 1. The molecule has 0 bridgehead atoms. The minimum absolute atomic E-state index is 0.0807. The molecule has 0 saturated heterocycles. The minimum atomic E-state index is -3.78. The molecule has 0 aliphatic heterocycles. The van der Waals surface area contributed by atoms with Crippen molar-refractivity contribution >= 4 is 27.3 Å². The molecule has 20 heavy (non-hydrogen) atoms. The summed E-state index contributed by atoms with van der Waals surface area (Å²) >= 11 is 5.68. The van der Waals surface area contributed by atoms with Crippen molar-refractivity contribution in [3.63, 3.8) is 0 Å². The topological polar surface area (TPSA) is 89.3 Å². The molecule has 1 aromatic rings. The van der Waals surface area contributed by atoms with Gasteiger partial charge in [0.05, 0.1) is 9.82 Å². The summed E-state index contributed by atoms with van der Waals surface area (Å²) in [5.74, 6) is 0. The second-order valence-corrected chi connectivity index (χ2v) is 7.05. The Morgan fingerprint density at radius 1 is 1.45 bits per heavy atom. The first-order valence-electron chi connectivity index (χ1n) is 6.28. The average molecular weight is 319 g/mol. The molecule has 8 heteroatoms. The van der Waals surface area contributed by atoms with Gasteiger partial charge in [-0.15, -0.1) is 0 Å². The average Bonchev–Trinajstić information content (AvgIpc) is 2.34. The van der Waals surface area contributed by atoms with Crippen LogP contribution in [0, 0.1) is 10.1 Å². The van der Waals surface area contributed by atoms with Crippen LogP contribution in [0.2, 0.25) is 5.02 Å². The highest BCUT2D eigenvalue weighted by molar-refractivity contribution is 7.89. The molecule has 0 radical (unpaired) electrons. The van der Waals surface area contributed by atoms with Crippen LogP contribution in [0.5, 0.6) is 0 Å². The standard InChI is InChI=1S/C12H15ClN2O4S/c1-2-12(6-3-7-12)14-20(18,19)9-4-5-10(13)11(8-9)15(16)17/h4-5,8,14H,2-3,6-7H2,1H3. The van der Waals surface area contributed by atoms with Gasteiger partial charge < -0.3 is 0 Å². The Labute approximate surface area is 122 Å². The Balaban J connectivity index is 2.35. The van der Waals surface area contributed by atoms with Gasteiger partial charge in [0.25, 0.3) is 5.69 Å². The SMILES string of the molecule is CCC1(NS(=O)(=O)c2ccc(Cl)c([N+](=O)[O-])c2)CCC1. The molecule has 2 rings (SSSR count). The van der Waals surface area contributed by atoms with Crippen molar-refractivity contribution in [2.24, 2.45) is 0 Å². The molecule has 1 aliphatic carbocycles. The van der Waals surface area contributed by atoms with Crippen molar-refractivity contribution in [1.82, 2.24) is 4.72 Å². The molecule has 1 aliphatic rings. The summed E-state index contributed by atoms with van der Waals surface area (Å²) in [6, 6.07) is 3.50. The molecular formula is C12H15ClN2O4S. The van der Waals surface area contributed by atoms with Crippen molar-refractivity contribution < 1.29 is 13.3 Å². The predicted octanol–water partition coefficient (Wildman–Crippen LogP) is 2.86. The number of benzene rings is 1. The number of nitrogens with zero attached hydrogens (tertiary/aromatic N) is 1. The third-order valence-electron chi connectivity index (χ3n) is 3.76. The van der Waals surface area contributed by atoms with Crippen LogP contribution in [0.15, 0.2) is 23.1 Å². The zero-order valence-corrected chi connectivity index (χ0v) is 12.5. The zero-order chi connectivity index (χ0) is 15.0. The fourth-order valence-corrected chi connectivity index (χ4v) is 4.01. The number of hydrogen-bond donors (Lipinski definition) is 1. The first-order chi connectivity index (χ1) is 9.30. The van der Waals surface area contributed by atoms with E-state index >= 15 is 0 Å². The van der Waals surface area contributed by atoms with E-state index in [4.69, 9.17) is 11.6 Å². The number of hydrogen-bond acceptors (Lipinski definition) is 4. The zero-order valence-electron chi connectivity index (χ0n) is 10.9. The second kappa shape index (κ2) is 5.31. The van der Waals surface area contributed by atoms with Gasteiger partial charge in [0.2, 0.25) is 10.0 Å². The monoisotopic (exact) mass is 318 g/mol. The van der Waals surface area contributed by atoms with Crippen LogP contribution >= 0.6 is 11.6 Å². The first kappa shape index (κ1) is 15.2.